The van der Waals surface area contributed by atoms with Crippen LogP contribution in [0.5, 0.6) is 0 Å². The number of alkyl halides is 13. The highest BCUT2D eigenvalue weighted by Crippen LogP contribution is 2.65. The van der Waals surface area contributed by atoms with Crippen LogP contribution in [0.3, 0.4) is 0 Å². The Morgan fingerprint density at radius 3 is 1.17 bits per heavy atom. The van der Waals surface area contributed by atoms with Crippen molar-refractivity contribution in [1.29, 1.82) is 0 Å². The van der Waals surface area contributed by atoms with Crippen molar-refractivity contribution in [3.8, 4) is 0 Å². The third kappa shape index (κ3) is 3.11. The average molecular weight is 390 g/mol. The van der Waals surface area contributed by atoms with Crippen molar-refractivity contribution < 1.29 is 67.0 Å². The summed E-state index contributed by atoms with van der Waals surface area (Å²) in [6.45, 7) is 0. The highest BCUT2D eigenvalue weighted by molar-refractivity contribution is 5.80. The van der Waals surface area contributed by atoms with E-state index in [1.54, 1.807) is 0 Å². The Kier molecular flexibility index (Phi) is 5.28. The molecule has 142 valence electrons. The molecule has 0 saturated heterocycles. The van der Waals surface area contributed by atoms with Crippen molar-refractivity contribution in [1.82, 2.24) is 0 Å². The summed E-state index contributed by atoms with van der Waals surface area (Å²) in [5, 5.41) is 7.96. The maximum absolute atomic E-state index is 13.3. The van der Waals surface area contributed by atoms with Crippen LogP contribution < -0.4 is 0 Å². The summed E-state index contributed by atoms with van der Waals surface area (Å²) in [6, 6.07) is 0. The van der Waals surface area contributed by atoms with Crippen LogP contribution in [0.2, 0.25) is 0 Å². The van der Waals surface area contributed by atoms with Gasteiger partial charge in [0.1, 0.15) is 0 Å². The van der Waals surface area contributed by atoms with Gasteiger partial charge in [0, 0.05) is 6.08 Å². The van der Waals surface area contributed by atoms with Gasteiger partial charge in [0.2, 0.25) is 5.41 Å². The molecule has 0 heterocycles. The van der Waals surface area contributed by atoms with Gasteiger partial charge in [0.25, 0.3) is 0 Å². The van der Waals surface area contributed by atoms with Gasteiger partial charge in [-0.05, 0) is 6.08 Å². The summed E-state index contributed by atoms with van der Waals surface area (Å²) < 4.78 is 163. The van der Waals surface area contributed by atoms with Crippen LogP contribution >= 0.6 is 0 Å². The number of hydrogen-bond donors (Lipinski definition) is 1. The molecule has 0 spiro atoms. The van der Waals surface area contributed by atoms with E-state index in [1.165, 1.54) is 0 Å². The molecule has 0 aromatic carbocycles. The number of rotatable bonds is 4. The van der Waals surface area contributed by atoms with Gasteiger partial charge in [0.05, 0.1) is 0 Å². The standard InChI is InChI=1S/C9H3F13O2/c10-5(11,6(12,13)9(20,21)22)4(7(14,15)16,8(17,18)19)2-1-3(23)24/h1-2H,(H,23,24). The summed E-state index contributed by atoms with van der Waals surface area (Å²) in [6.07, 6.45) is -25.7. The third-order valence-corrected chi connectivity index (χ3v) is 2.62. The second-order valence-corrected chi connectivity index (χ2v) is 4.12. The van der Waals surface area contributed by atoms with Crippen LogP contribution in [0, 0.1) is 5.41 Å². The highest BCUT2D eigenvalue weighted by atomic mass is 19.4. The molecule has 0 saturated carbocycles. The van der Waals surface area contributed by atoms with Gasteiger partial charge >= 0.3 is 36.3 Å². The molecule has 2 nitrogen and oxygen atoms in total. The van der Waals surface area contributed by atoms with Crippen LogP contribution in [0.1, 0.15) is 0 Å². The van der Waals surface area contributed by atoms with E-state index in [2.05, 4.69) is 0 Å². The molecule has 0 bridgehead atoms. The lowest BCUT2D eigenvalue weighted by Gasteiger charge is -2.43. The molecule has 0 aliphatic rings. The fourth-order valence-corrected chi connectivity index (χ4v) is 1.43. The lowest BCUT2D eigenvalue weighted by atomic mass is 9.75. The zero-order valence-electron chi connectivity index (χ0n) is 10.4. The predicted octanol–water partition coefficient (Wildman–Crippen LogP) is 4.57. The Bertz CT molecular complexity index is 493. The summed E-state index contributed by atoms with van der Waals surface area (Å²) in [7, 11) is 0. The monoisotopic (exact) mass is 390 g/mol. The molecule has 24 heavy (non-hydrogen) atoms. The molecular formula is C9H3F13O2. The van der Waals surface area contributed by atoms with E-state index in [0.29, 0.717) is 0 Å². The van der Waals surface area contributed by atoms with Crippen molar-refractivity contribution in [3.05, 3.63) is 12.2 Å². The number of carboxylic acids is 1. The molecule has 0 fully saturated rings. The number of aliphatic carboxylic acids is 1. The fourth-order valence-electron chi connectivity index (χ4n) is 1.43. The van der Waals surface area contributed by atoms with Crippen molar-refractivity contribution in [3.63, 3.8) is 0 Å². The lowest BCUT2D eigenvalue weighted by Crippen LogP contribution is -2.69. The van der Waals surface area contributed by atoms with Crippen LogP contribution in [-0.4, -0.2) is 41.4 Å². The second-order valence-electron chi connectivity index (χ2n) is 4.12. The molecule has 0 aliphatic heterocycles. The Morgan fingerprint density at radius 2 is 0.958 bits per heavy atom. The Morgan fingerprint density at radius 1 is 0.625 bits per heavy atom. The maximum Gasteiger partial charge on any atom is 0.459 e. The van der Waals surface area contributed by atoms with Crippen LogP contribution in [0.4, 0.5) is 57.1 Å². The van der Waals surface area contributed by atoms with Gasteiger partial charge < -0.3 is 5.11 Å². The highest BCUT2D eigenvalue weighted by Gasteiger charge is 2.91. The number of halogens is 13. The number of hydrogen-bond acceptors (Lipinski definition) is 1. The van der Waals surface area contributed by atoms with Crippen molar-refractivity contribution in [2.45, 2.75) is 30.4 Å². The first-order valence-corrected chi connectivity index (χ1v) is 5.05. The zero-order valence-corrected chi connectivity index (χ0v) is 10.4. The normalized spacial score (nSPS) is 15.9. The summed E-state index contributed by atoms with van der Waals surface area (Å²) in [5.74, 6) is -18.4. The van der Waals surface area contributed by atoms with Gasteiger partial charge in [-0.3, -0.25) is 0 Å². The topological polar surface area (TPSA) is 37.3 Å². The van der Waals surface area contributed by atoms with Crippen molar-refractivity contribution >= 4 is 5.97 Å². The second kappa shape index (κ2) is 5.68. The largest absolute Gasteiger partial charge is 0.478 e. The van der Waals surface area contributed by atoms with Gasteiger partial charge in [0.15, 0.2) is 0 Å². The average Bonchev–Trinajstić information content (AvgIpc) is 2.22. The molecule has 0 amide bonds. The number of carbonyl (C=O) groups is 1. The SMILES string of the molecule is O=C(O)C=CC(C(F)(F)F)(C(F)(F)F)C(F)(F)C(F)(F)C(F)(F)F. The van der Waals surface area contributed by atoms with Gasteiger partial charge in [-0.25, -0.2) is 4.79 Å². The first-order valence-electron chi connectivity index (χ1n) is 5.05. The van der Waals surface area contributed by atoms with E-state index < -0.39 is 53.9 Å². The summed E-state index contributed by atoms with van der Waals surface area (Å²) in [5.41, 5.74) is -7.12. The molecule has 0 rings (SSSR count). The first-order chi connectivity index (χ1) is 10.2. The third-order valence-electron chi connectivity index (χ3n) is 2.62. The zero-order chi connectivity index (χ0) is 20.0. The maximum atomic E-state index is 13.3. The quantitative estimate of drug-likeness (QED) is 0.564. The predicted molar refractivity (Wildman–Crippen MR) is 47.3 cm³/mol. The minimum absolute atomic E-state index is 1.26. The Balaban J connectivity index is 7.02. The number of allylic oxidation sites excluding steroid dienone is 1. The van der Waals surface area contributed by atoms with Gasteiger partial charge in [-0.15, -0.1) is 0 Å². The lowest BCUT2D eigenvalue weighted by molar-refractivity contribution is -0.446. The van der Waals surface area contributed by atoms with Gasteiger partial charge in [-0.1, -0.05) is 0 Å². The molecule has 0 atom stereocenters. The molecule has 1 N–H and O–H groups in total. The molecular weight excluding hydrogens is 387 g/mol. The molecule has 15 heteroatoms. The summed E-state index contributed by atoms with van der Waals surface area (Å²) in [4.78, 5) is 10.00. The number of carboxylic acid groups (broad SMARTS) is 1. The first kappa shape index (κ1) is 22.3. The summed E-state index contributed by atoms with van der Waals surface area (Å²) >= 11 is 0. The molecule has 0 radical (unpaired) electrons. The molecule has 0 aromatic rings. The Labute approximate surface area is 122 Å². The van der Waals surface area contributed by atoms with E-state index in [4.69, 9.17) is 5.11 Å². The van der Waals surface area contributed by atoms with E-state index in [1.807, 2.05) is 0 Å². The minimum atomic E-state index is -7.86. The van der Waals surface area contributed by atoms with Crippen LogP contribution in [0.25, 0.3) is 0 Å². The van der Waals surface area contributed by atoms with E-state index in [-0.39, 0.29) is 0 Å². The van der Waals surface area contributed by atoms with Crippen molar-refractivity contribution in [2.24, 2.45) is 5.41 Å². The molecule has 0 aromatic heterocycles. The molecule has 0 unspecified atom stereocenters. The van der Waals surface area contributed by atoms with Crippen LogP contribution in [-0.2, 0) is 4.79 Å². The van der Waals surface area contributed by atoms with E-state index in [9.17, 15) is 61.9 Å². The Hall–Kier alpha value is -1.70. The van der Waals surface area contributed by atoms with Crippen LogP contribution in [0.15, 0.2) is 12.2 Å². The van der Waals surface area contributed by atoms with Gasteiger partial charge in [-0.2, -0.15) is 57.1 Å². The fraction of sp³-hybridized carbons (Fsp3) is 0.667. The van der Waals surface area contributed by atoms with E-state index >= 15 is 0 Å². The molecule has 0 aliphatic carbocycles. The minimum Gasteiger partial charge on any atom is -0.478 e. The smallest absolute Gasteiger partial charge is 0.459 e. The van der Waals surface area contributed by atoms with Crippen molar-refractivity contribution in [2.75, 3.05) is 0 Å². The van der Waals surface area contributed by atoms with E-state index in [0.717, 1.165) is 0 Å².